The molecular formula is C30H20ClNO. The first-order valence-corrected chi connectivity index (χ1v) is 11.7. The number of fused-ring (bicyclic) bond motifs is 7. The summed E-state index contributed by atoms with van der Waals surface area (Å²) in [6, 6.07) is 36.0. The van der Waals surface area contributed by atoms with Gasteiger partial charge in [-0.25, -0.2) is 0 Å². The minimum absolute atomic E-state index is 0.108. The van der Waals surface area contributed by atoms with E-state index in [0.29, 0.717) is 0 Å². The molecule has 2 aromatic heterocycles. The summed E-state index contributed by atoms with van der Waals surface area (Å²) >= 11 is 7.06. The third-order valence-corrected chi connectivity index (χ3v) is 7.13. The molecule has 1 aliphatic carbocycles. The second-order valence-electron chi connectivity index (χ2n) is 8.61. The van der Waals surface area contributed by atoms with E-state index in [0.717, 1.165) is 45.6 Å². The highest BCUT2D eigenvalue weighted by molar-refractivity contribution is 6.23. The number of halogens is 1. The Labute approximate surface area is 196 Å². The molecule has 0 saturated heterocycles. The molecule has 0 aliphatic heterocycles. The fourth-order valence-electron chi connectivity index (χ4n) is 5.28. The van der Waals surface area contributed by atoms with Crippen molar-refractivity contribution in [3.05, 3.63) is 114 Å². The van der Waals surface area contributed by atoms with Gasteiger partial charge in [0.15, 0.2) is 5.76 Å². The molecule has 0 radical (unpaired) electrons. The summed E-state index contributed by atoms with van der Waals surface area (Å²) in [5.41, 5.74) is 9.00. The minimum atomic E-state index is -0.108. The highest BCUT2D eigenvalue weighted by atomic mass is 35.5. The Bertz CT molecular complexity index is 1640. The van der Waals surface area contributed by atoms with Crippen LogP contribution in [0, 0.1) is 0 Å². The monoisotopic (exact) mass is 445 g/mol. The molecule has 2 heterocycles. The van der Waals surface area contributed by atoms with Gasteiger partial charge in [0.2, 0.25) is 0 Å². The summed E-state index contributed by atoms with van der Waals surface area (Å²) < 4.78 is 8.79. The van der Waals surface area contributed by atoms with E-state index in [-0.39, 0.29) is 5.38 Å². The summed E-state index contributed by atoms with van der Waals surface area (Å²) in [5.74, 6) is 0.937. The van der Waals surface area contributed by atoms with Crippen LogP contribution in [0.25, 0.3) is 50.1 Å². The second-order valence-corrected chi connectivity index (χ2v) is 9.13. The number of hydrogen-bond acceptors (Lipinski definition) is 1. The van der Waals surface area contributed by atoms with Crippen molar-refractivity contribution in [2.24, 2.45) is 0 Å². The fraction of sp³-hybridized carbons (Fsp3) is 0.0667. The molecule has 2 nitrogen and oxygen atoms in total. The van der Waals surface area contributed by atoms with Crippen LogP contribution in [0.5, 0.6) is 0 Å². The van der Waals surface area contributed by atoms with E-state index in [2.05, 4.69) is 89.5 Å². The van der Waals surface area contributed by atoms with Crippen molar-refractivity contribution in [1.29, 1.82) is 0 Å². The lowest BCUT2D eigenvalue weighted by atomic mass is 9.92. The first kappa shape index (κ1) is 18.8. The van der Waals surface area contributed by atoms with Gasteiger partial charge in [0.25, 0.3) is 0 Å². The van der Waals surface area contributed by atoms with Gasteiger partial charge in [-0.15, -0.1) is 11.6 Å². The molecule has 33 heavy (non-hydrogen) atoms. The van der Waals surface area contributed by atoms with Gasteiger partial charge in [-0.3, -0.25) is 0 Å². The van der Waals surface area contributed by atoms with E-state index in [1.54, 1.807) is 0 Å². The number of nitrogens with zero attached hydrogens (tertiary/aromatic N) is 1. The molecule has 158 valence electrons. The van der Waals surface area contributed by atoms with Crippen LogP contribution in [-0.4, -0.2) is 4.57 Å². The van der Waals surface area contributed by atoms with Crippen molar-refractivity contribution in [2.75, 3.05) is 0 Å². The van der Waals surface area contributed by atoms with Gasteiger partial charge in [0, 0.05) is 27.6 Å². The molecule has 4 aromatic carbocycles. The zero-order valence-corrected chi connectivity index (χ0v) is 18.6. The Morgan fingerprint density at radius 1 is 0.697 bits per heavy atom. The Morgan fingerprint density at radius 3 is 2.18 bits per heavy atom. The average molecular weight is 446 g/mol. The maximum absolute atomic E-state index is 7.06. The SMILES string of the molecule is ClC1Cc2c(oc3ccccc23)-c2c1c1ccccc1n2-c1ccc(-c2ccccc2)cc1. The quantitative estimate of drug-likeness (QED) is 0.244. The number of hydrogen-bond donors (Lipinski definition) is 0. The van der Waals surface area contributed by atoms with E-state index in [4.69, 9.17) is 16.0 Å². The predicted octanol–water partition coefficient (Wildman–Crippen LogP) is 8.55. The fourth-order valence-corrected chi connectivity index (χ4v) is 5.66. The lowest BCUT2D eigenvalue weighted by molar-refractivity contribution is 0.615. The Hall–Kier alpha value is -3.75. The van der Waals surface area contributed by atoms with Crippen LogP contribution in [0.4, 0.5) is 0 Å². The van der Waals surface area contributed by atoms with Crippen molar-refractivity contribution in [1.82, 2.24) is 4.57 Å². The van der Waals surface area contributed by atoms with E-state index in [9.17, 15) is 0 Å². The van der Waals surface area contributed by atoms with Gasteiger partial charge >= 0.3 is 0 Å². The smallest absolute Gasteiger partial charge is 0.155 e. The number of para-hydroxylation sites is 2. The molecular weight excluding hydrogens is 426 g/mol. The summed E-state index contributed by atoms with van der Waals surface area (Å²) in [5, 5.41) is 2.23. The molecule has 3 heteroatoms. The Kier molecular flexibility index (Phi) is 4.06. The van der Waals surface area contributed by atoms with Gasteiger partial charge in [-0.1, -0.05) is 78.9 Å². The maximum atomic E-state index is 7.06. The first-order chi connectivity index (χ1) is 16.3. The summed E-state index contributed by atoms with van der Waals surface area (Å²) in [6.07, 6.45) is 0.766. The molecule has 1 unspecified atom stereocenters. The summed E-state index contributed by atoms with van der Waals surface area (Å²) in [7, 11) is 0. The number of furan rings is 1. The molecule has 0 fully saturated rings. The van der Waals surface area contributed by atoms with Crippen LogP contribution in [0.3, 0.4) is 0 Å². The lowest BCUT2D eigenvalue weighted by Crippen LogP contribution is -2.07. The van der Waals surface area contributed by atoms with Crippen molar-refractivity contribution in [3.8, 4) is 28.3 Å². The van der Waals surface area contributed by atoms with Gasteiger partial charge < -0.3 is 8.98 Å². The molecule has 1 aliphatic rings. The zero-order valence-electron chi connectivity index (χ0n) is 17.8. The average Bonchev–Trinajstić information content (AvgIpc) is 3.41. The van der Waals surface area contributed by atoms with Crippen LogP contribution in [0.2, 0.25) is 0 Å². The molecule has 0 spiro atoms. The number of aromatic nitrogens is 1. The molecule has 0 bridgehead atoms. The highest BCUT2D eigenvalue weighted by Crippen LogP contribution is 2.50. The highest BCUT2D eigenvalue weighted by Gasteiger charge is 2.34. The van der Waals surface area contributed by atoms with Crippen molar-refractivity contribution < 1.29 is 4.42 Å². The third-order valence-electron chi connectivity index (χ3n) is 6.76. The van der Waals surface area contributed by atoms with Crippen LogP contribution < -0.4 is 0 Å². The molecule has 0 saturated carbocycles. The molecule has 0 N–H and O–H groups in total. The zero-order chi connectivity index (χ0) is 21.9. The van der Waals surface area contributed by atoms with Crippen molar-refractivity contribution >= 4 is 33.5 Å². The predicted molar refractivity (Wildman–Crippen MR) is 136 cm³/mol. The lowest BCUT2D eigenvalue weighted by Gasteiger charge is -2.20. The van der Waals surface area contributed by atoms with Gasteiger partial charge in [-0.05, 0) is 41.8 Å². The van der Waals surface area contributed by atoms with E-state index >= 15 is 0 Å². The number of rotatable bonds is 2. The topological polar surface area (TPSA) is 18.1 Å². The van der Waals surface area contributed by atoms with E-state index in [1.165, 1.54) is 22.1 Å². The summed E-state index contributed by atoms with van der Waals surface area (Å²) in [6.45, 7) is 0. The largest absolute Gasteiger partial charge is 0.454 e. The Morgan fingerprint density at radius 2 is 1.36 bits per heavy atom. The number of benzene rings is 4. The standard InChI is InChI=1S/C30H20ClNO/c31-25-18-24-22-10-5-7-13-27(22)33-30(24)29-28(25)23-11-4-6-12-26(23)32(29)21-16-14-20(15-17-21)19-8-2-1-3-9-19/h1-17,25H,18H2. The molecule has 6 aromatic rings. The van der Waals surface area contributed by atoms with Crippen molar-refractivity contribution in [3.63, 3.8) is 0 Å². The molecule has 7 rings (SSSR count). The van der Waals surface area contributed by atoms with Crippen LogP contribution in [0.1, 0.15) is 16.5 Å². The molecule has 0 amide bonds. The van der Waals surface area contributed by atoms with Gasteiger partial charge in [-0.2, -0.15) is 0 Å². The van der Waals surface area contributed by atoms with E-state index < -0.39 is 0 Å². The van der Waals surface area contributed by atoms with Crippen LogP contribution >= 0.6 is 11.6 Å². The normalized spacial score (nSPS) is 15.0. The third kappa shape index (κ3) is 2.74. The first-order valence-electron chi connectivity index (χ1n) is 11.2. The number of alkyl halides is 1. The van der Waals surface area contributed by atoms with E-state index in [1.807, 2.05) is 18.2 Å². The van der Waals surface area contributed by atoms with Crippen LogP contribution in [0.15, 0.2) is 108 Å². The van der Waals surface area contributed by atoms with Gasteiger partial charge in [0.05, 0.1) is 16.6 Å². The van der Waals surface area contributed by atoms with Gasteiger partial charge in [0.1, 0.15) is 5.58 Å². The molecule has 1 atom stereocenters. The van der Waals surface area contributed by atoms with Crippen molar-refractivity contribution in [2.45, 2.75) is 11.8 Å². The minimum Gasteiger partial charge on any atom is -0.454 e. The maximum Gasteiger partial charge on any atom is 0.155 e. The summed E-state index contributed by atoms with van der Waals surface area (Å²) in [4.78, 5) is 0. The second kappa shape index (κ2) is 7.13. The van der Waals surface area contributed by atoms with Crippen LogP contribution in [-0.2, 0) is 6.42 Å². The Balaban J connectivity index is 1.51.